The van der Waals surface area contributed by atoms with Crippen molar-refractivity contribution in [2.45, 2.75) is 32.0 Å². The average molecular weight is 277 g/mol. The van der Waals surface area contributed by atoms with Crippen LogP contribution < -0.4 is 10.5 Å². The van der Waals surface area contributed by atoms with Crippen molar-refractivity contribution in [1.82, 2.24) is 9.80 Å². The van der Waals surface area contributed by atoms with Gasteiger partial charge in [0.1, 0.15) is 5.75 Å². The fraction of sp³-hybridized carbons (Fsp3) is 0.625. The lowest BCUT2D eigenvalue weighted by Crippen LogP contribution is -2.44. The Morgan fingerprint density at radius 1 is 1.40 bits per heavy atom. The van der Waals surface area contributed by atoms with E-state index in [1.54, 1.807) is 7.11 Å². The van der Waals surface area contributed by atoms with E-state index in [1.165, 1.54) is 30.5 Å². The van der Waals surface area contributed by atoms with Crippen LogP contribution in [0.4, 0.5) is 0 Å². The number of nitrogens with two attached hydrogens (primary N) is 1. The maximum absolute atomic E-state index is 5.74. The second-order valence-corrected chi connectivity index (χ2v) is 5.85. The summed E-state index contributed by atoms with van der Waals surface area (Å²) in [7, 11) is 6.08. The number of nitrogens with zero attached hydrogens (tertiary/aromatic N) is 2. The van der Waals surface area contributed by atoms with Gasteiger partial charge in [-0.05, 0) is 51.2 Å². The van der Waals surface area contributed by atoms with Gasteiger partial charge in [-0.3, -0.25) is 4.90 Å². The number of methoxy groups -OCH3 is 1. The summed E-state index contributed by atoms with van der Waals surface area (Å²) in [6.45, 7) is 3.82. The Hall–Kier alpha value is -1.10. The van der Waals surface area contributed by atoms with Gasteiger partial charge in [0.05, 0.1) is 7.11 Å². The van der Waals surface area contributed by atoms with Gasteiger partial charge >= 0.3 is 0 Å². The van der Waals surface area contributed by atoms with Gasteiger partial charge in [-0.1, -0.05) is 6.07 Å². The third kappa shape index (κ3) is 3.72. The standard InChI is InChI=1S/C16H27N3O/c1-18(2)15-5-4-8-19(12-15)11-14-9-13(10-17)6-7-16(14)20-3/h6-7,9,15H,4-5,8,10-12,17H2,1-3H3. The number of ether oxygens (including phenoxy) is 1. The monoisotopic (exact) mass is 277 g/mol. The molecule has 1 atom stereocenters. The second-order valence-electron chi connectivity index (χ2n) is 5.85. The number of likely N-dealkylation sites (tertiary alicyclic amines) is 1. The van der Waals surface area contributed by atoms with Gasteiger partial charge in [-0.15, -0.1) is 0 Å². The predicted octanol–water partition coefficient (Wildman–Crippen LogP) is 1.68. The predicted molar refractivity (Wildman–Crippen MR) is 82.9 cm³/mol. The molecule has 1 aromatic carbocycles. The highest BCUT2D eigenvalue weighted by Crippen LogP contribution is 2.24. The average Bonchev–Trinajstić information content (AvgIpc) is 2.47. The number of hydrogen-bond donors (Lipinski definition) is 1. The summed E-state index contributed by atoms with van der Waals surface area (Å²) in [5, 5.41) is 0. The van der Waals surface area contributed by atoms with E-state index in [0.29, 0.717) is 12.6 Å². The van der Waals surface area contributed by atoms with Gasteiger partial charge in [0, 0.05) is 31.2 Å². The van der Waals surface area contributed by atoms with E-state index >= 15 is 0 Å². The van der Waals surface area contributed by atoms with E-state index in [0.717, 1.165) is 18.8 Å². The number of hydrogen-bond acceptors (Lipinski definition) is 4. The van der Waals surface area contributed by atoms with Crippen molar-refractivity contribution in [3.8, 4) is 5.75 Å². The molecule has 1 aromatic rings. The van der Waals surface area contributed by atoms with Gasteiger partial charge in [-0.2, -0.15) is 0 Å². The summed E-state index contributed by atoms with van der Waals surface area (Å²) in [5.41, 5.74) is 8.16. The Morgan fingerprint density at radius 2 is 2.20 bits per heavy atom. The molecule has 4 nitrogen and oxygen atoms in total. The van der Waals surface area contributed by atoms with E-state index < -0.39 is 0 Å². The van der Waals surface area contributed by atoms with Crippen LogP contribution in [0.15, 0.2) is 18.2 Å². The third-order valence-electron chi connectivity index (χ3n) is 4.19. The normalized spacial score (nSPS) is 20.4. The van der Waals surface area contributed by atoms with Crippen molar-refractivity contribution in [2.75, 3.05) is 34.3 Å². The molecule has 1 aliphatic rings. The SMILES string of the molecule is COc1ccc(CN)cc1CN1CCCC(N(C)C)C1. The lowest BCUT2D eigenvalue weighted by molar-refractivity contribution is 0.127. The molecule has 0 aromatic heterocycles. The van der Waals surface area contributed by atoms with E-state index in [1.807, 2.05) is 12.1 Å². The number of likely N-dealkylation sites (N-methyl/N-ethyl adjacent to an activating group) is 1. The second kappa shape index (κ2) is 7.07. The lowest BCUT2D eigenvalue weighted by atomic mass is 10.0. The number of piperidine rings is 1. The van der Waals surface area contributed by atoms with Crippen molar-refractivity contribution >= 4 is 0 Å². The van der Waals surface area contributed by atoms with Crippen LogP contribution in [-0.2, 0) is 13.1 Å². The van der Waals surface area contributed by atoms with Crippen LogP contribution in [0.1, 0.15) is 24.0 Å². The van der Waals surface area contributed by atoms with Crippen LogP contribution in [0.25, 0.3) is 0 Å². The van der Waals surface area contributed by atoms with Crippen molar-refractivity contribution in [1.29, 1.82) is 0 Å². The smallest absolute Gasteiger partial charge is 0.123 e. The van der Waals surface area contributed by atoms with Crippen LogP contribution >= 0.6 is 0 Å². The molecule has 2 N–H and O–H groups in total. The summed E-state index contributed by atoms with van der Waals surface area (Å²) in [4.78, 5) is 4.85. The van der Waals surface area contributed by atoms with Crippen LogP contribution in [0, 0.1) is 0 Å². The molecule has 0 spiro atoms. The summed E-state index contributed by atoms with van der Waals surface area (Å²) < 4.78 is 5.48. The summed E-state index contributed by atoms with van der Waals surface area (Å²) >= 11 is 0. The minimum absolute atomic E-state index is 0.581. The van der Waals surface area contributed by atoms with Crippen molar-refractivity contribution in [2.24, 2.45) is 5.73 Å². The van der Waals surface area contributed by atoms with E-state index in [9.17, 15) is 0 Å². The lowest BCUT2D eigenvalue weighted by Gasteiger charge is -2.36. The van der Waals surface area contributed by atoms with Crippen LogP contribution in [-0.4, -0.2) is 50.1 Å². The van der Waals surface area contributed by atoms with Crippen molar-refractivity contribution in [3.05, 3.63) is 29.3 Å². The molecule has 2 rings (SSSR count). The Kier molecular flexibility index (Phi) is 5.40. The molecular weight excluding hydrogens is 250 g/mol. The number of benzene rings is 1. The summed E-state index contributed by atoms with van der Waals surface area (Å²) in [6, 6.07) is 6.91. The first-order valence-corrected chi connectivity index (χ1v) is 7.38. The van der Waals surface area contributed by atoms with Crippen LogP contribution in [0.2, 0.25) is 0 Å². The minimum Gasteiger partial charge on any atom is -0.496 e. The molecule has 0 bridgehead atoms. The molecule has 20 heavy (non-hydrogen) atoms. The van der Waals surface area contributed by atoms with E-state index in [-0.39, 0.29) is 0 Å². The molecular formula is C16H27N3O. The molecule has 4 heteroatoms. The Bertz CT molecular complexity index is 434. The molecule has 1 fully saturated rings. The fourth-order valence-corrected chi connectivity index (χ4v) is 2.92. The van der Waals surface area contributed by atoms with Gasteiger partial charge in [-0.25, -0.2) is 0 Å². The third-order valence-corrected chi connectivity index (χ3v) is 4.19. The van der Waals surface area contributed by atoms with Crippen molar-refractivity contribution in [3.63, 3.8) is 0 Å². The first kappa shape index (κ1) is 15.3. The van der Waals surface area contributed by atoms with Gasteiger partial charge < -0.3 is 15.4 Å². The zero-order chi connectivity index (χ0) is 14.5. The molecule has 1 heterocycles. The molecule has 112 valence electrons. The Balaban J connectivity index is 2.08. The highest BCUT2D eigenvalue weighted by Gasteiger charge is 2.22. The molecule has 1 saturated heterocycles. The van der Waals surface area contributed by atoms with E-state index in [4.69, 9.17) is 10.5 Å². The first-order valence-electron chi connectivity index (χ1n) is 7.38. The molecule has 0 amide bonds. The summed E-state index contributed by atoms with van der Waals surface area (Å²) in [6.07, 6.45) is 2.56. The Morgan fingerprint density at radius 3 is 2.85 bits per heavy atom. The topological polar surface area (TPSA) is 41.7 Å². The van der Waals surface area contributed by atoms with Crippen LogP contribution in [0.3, 0.4) is 0 Å². The first-order chi connectivity index (χ1) is 9.63. The quantitative estimate of drug-likeness (QED) is 0.889. The maximum Gasteiger partial charge on any atom is 0.123 e. The molecule has 1 unspecified atom stereocenters. The molecule has 0 aliphatic carbocycles. The summed E-state index contributed by atoms with van der Waals surface area (Å²) in [5.74, 6) is 0.967. The molecule has 0 saturated carbocycles. The van der Waals surface area contributed by atoms with Gasteiger partial charge in [0.15, 0.2) is 0 Å². The van der Waals surface area contributed by atoms with E-state index in [2.05, 4.69) is 30.0 Å². The highest BCUT2D eigenvalue weighted by molar-refractivity contribution is 5.37. The number of rotatable bonds is 5. The maximum atomic E-state index is 5.74. The van der Waals surface area contributed by atoms with Gasteiger partial charge in [0.2, 0.25) is 0 Å². The highest BCUT2D eigenvalue weighted by atomic mass is 16.5. The largest absolute Gasteiger partial charge is 0.496 e. The zero-order valence-electron chi connectivity index (χ0n) is 12.9. The van der Waals surface area contributed by atoms with Gasteiger partial charge in [0.25, 0.3) is 0 Å². The molecule has 0 radical (unpaired) electrons. The fourth-order valence-electron chi connectivity index (χ4n) is 2.92. The molecule has 1 aliphatic heterocycles. The zero-order valence-corrected chi connectivity index (χ0v) is 12.9. The minimum atomic E-state index is 0.581. The van der Waals surface area contributed by atoms with Crippen molar-refractivity contribution < 1.29 is 4.74 Å². The Labute approximate surface area is 122 Å². The van der Waals surface area contributed by atoms with Crippen LogP contribution in [0.5, 0.6) is 5.75 Å².